The molecule has 0 aliphatic heterocycles. The second kappa shape index (κ2) is 5.82. The van der Waals surface area contributed by atoms with Crippen LogP contribution in [0.4, 0.5) is 0 Å². The van der Waals surface area contributed by atoms with Crippen molar-refractivity contribution in [1.82, 2.24) is 5.32 Å². The summed E-state index contributed by atoms with van der Waals surface area (Å²) in [5.74, 6) is -1.03. The van der Waals surface area contributed by atoms with Gasteiger partial charge in [-0.05, 0) is 24.8 Å². The fraction of sp³-hybridized carbons (Fsp3) is 0.500. The van der Waals surface area contributed by atoms with Crippen LogP contribution in [0.25, 0.3) is 0 Å². The standard InChI is InChI=1S/C14H19NO2/c16-14(17)12(10-15-13-7-4-8-13)9-11-5-2-1-3-6-11/h1-3,5-6,12-13,15H,4,7-10H2,(H,16,17). The first-order valence-electron chi connectivity index (χ1n) is 6.26. The van der Waals surface area contributed by atoms with Crippen molar-refractivity contribution in [2.24, 2.45) is 5.92 Å². The predicted molar refractivity (Wildman–Crippen MR) is 66.9 cm³/mol. The van der Waals surface area contributed by atoms with Crippen LogP contribution in [0.15, 0.2) is 30.3 Å². The summed E-state index contributed by atoms with van der Waals surface area (Å²) in [7, 11) is 0. The van der Waals surface area contributed by atoms with Crippen molar-refractivity contribution in [1.29, 1.82) is 0 Å². The number of carboxylic acid groups (broad SMARTS) is 1. The Hall–Kier alpha value is -1.35. The Morgan fingerprint density at radius 3 is 2.59 bits per heavy atom. The van der Waals surface area contributed by atoms with Crippen molar-refractivity contribution in [3.8, 4) is 0 Å². The van der Waals surface area contributed by atoms with Crippen LogP contribution in [-0.2, 0) is 11.2 Å². The molecule has 1 aromatic rings. The number of benzene rings is 1. The van der Waals surface area contributed by atoms with Crippen LogP contribution in [0.2, 0.25) is 0 Å². The third-order valence-corrected chi connectivity index (χ3v) is 3.43. The Labute approximate surface area is 102 Å². The van der Waals surface area contributed by atoms with Gasteiger partial charge in [-0.1, -0.05) is 36.8 Å². The molecule has 1 aliphatic rings. The fourth-order valence-electron chi connectivity index (χ4n) is 2.07. The highest BCUT2D eigenvalue weighted by Crippen LogP contribution is 2.18. The molecule has 0 bridgehead atoms. The van der Waals surface area contributed by atoms with E-state index in [1.807, 2.05) is 30.3 Å². The number of carboxylic acids is 1. The van der Waals surface area contributed by atoms with Gasteiger partial charge in [0.15, 0.2) is 0 Å². The van der Waals surface area contributed by atoms with Gasteiger partial charge in [0.2, 0.25) is 0 Å². The quantitative estimate of drug-likeness (QED) is 0.791. The number of rotatable bonds is 6. The van der Waals surface area contributed by atoms with Crippen LogP contribution in [0.1, 0.15) is 24.8 Å². The lowest BCUT2D eigenvalue weighted by Gasteiger charge is -2.28. The number of carbonyl (C=O) groups is 1. The van der Waals surface area contributed by atoms with Gasteiger partial charge in [0.05, 0.1) is 5.92 Å². The molecule has 0 aromatic heterocycles. The first kappa shape index (κ1) is 12.1. The largest absolute Gasteiger partial charge is 0.481 e. The smallest absolute Gasteiger partial charge is 0.308 e. The topological polar surface area (TPSA) is 49.3 Å². The van der Waals surface area contributed by atoms with Crippen LogP contribution < -0.4 is 5.32 Å². The average molecular weight is 233 g/mol. The highest BCUT2D eigenvalue weighted by Gasteiger charge is 2.22. The third-order valence-electron chi connectivity index (χ3n) is 3.43. The molecule has 0 spiro atoms. The van der Waals surface area contributed by atoms with E-state index in [2.05, 4.69) is 5.32 Å². The van der Waals surface area contributed by atoms with Crippen molar-refractivity contribution in [3.63, 3.8) is 0 Å². The molecule has 0 amide bonds. The Bertz CT molecular complexity index is 360. The molecule has 1 unspecified atom stereocenters. The first-order valence-corrected chi connectivity index (χ1v) is 6.26. The molecule has 1 aliphatic carbocycles. The summed E-state index contributed by atoms with van der Waals surface area (Å²) in [4.78, 5) is 11.2. The van der Waals surface area contributed by atoms with E-state index in [0.717, 1.165) is 5.56 Å². The molecule has 0 radical (unpaired) electrons. The molecule has 17 heavy (non-hydrogen) atoms. The summed E-state index contributed by atoms with van der Waals surface area (Å²) in [6.07, 6.45) is 4.26. The molecular weight excluding hydrogens is 214 g/mol. The Morgan fingerprint density at radius 2 is 2.06 bits per heavy atom. The molecule has 2 N–H and O–H groups in total. The molecule has 3 nitrogen and oxygen atoms in total. The van der Waals surface area contributed by atoms with Gasteiger partial charge in [-0.2, -0.15) is 0 Å². The second-order valence-electron chi connectivity index (χ2n) is 4.76. The van der Waals surface area contributed by atoms with Crippen LogP contribution in [0, 0.1) is 5.92 Å². The van der Waals surface area contributed by atoms with Crippen molar-refractivity contribution in [2.75, 3.05) is 6.54 Å². The van der Waals surface area contributed by atoms with Gasteiger partial charge in [0.1, 0.15) is 0 Å². The molecular formula is C14H19NO2. The van der Waals surface area contributed by atoms with Gasteiger partial charge < -0.3 is 10.4 Å². The van der Waals surface area contributed by atoms with Crippen LogP contribution in [-0.4, -0.2) is 23.7 Å². The molecule has 0 saturated heterocycles. The summed E-state index contributed by atoms with van der Waals surface area (Å²) < 4.78 is 0. The van der Waals surface area contributed by atoms with Gasteiger partial charge in [-0.25, -0.2) is 0 Å². The Kier molecular flexibility index (Phi) is 4.15. The maximum Gasteiger partial charge on any atom is 0.308 e. The minimum absolute atomic E-state index is 0.321. The molecule has 1 atom stereocenters. The fourth-order valence-corrected chi connectivity index (χ4v) is 2.07. The highest BCUT2D eigenvalue weighted by atomic mass is 16.4. The van der Waals surface area contributed by atoms with Crippen molar-refractivity contribution in [3.05, 3.63) is 35.9 Å². The van der Waals surface area contributed by atoms with Crippen LogP contribution in [0.3, 0.4) is 0 Å². The van der Waals surface area contributed by atoms with Crippen LogP contribution >= 0.6 is 0 Å². The lowest BCUT2D eigenvalue weighted by Crippen LogP contribution is -2.40. The normalized spacial score (nSPS) is 17.4. The molecule has 1 fully saturated rings. The minimum Gasteiger partial charge on any atom is -0.481 e. The summed E-state index contributed by atoms with van der Waals surface area (Å²) in [6.45, 7) is 0.578. The van der Waals surface area contributed by atoms with Crippen molar-refractivity contribution >= 4 is 5.97 Å². The molecule has 0 heterocycles. The maximum absolute atomic E-state index is 11.2. The monoisotopic (exact) mass is 233 g/mol. The van der Waals surface area contributed by atoms with E-state index < -0.39 is 5.97 Å². The summed E-state index contributed by atoms with van der Waals surface area (Å²) in [5, 5.41) is 12.5. The molecule has 3 heteroatoms. The summed E-state index contributed by atoms with van der Waals surface area (Å²) >= 11 is 0. The lowest BCUT2D eigenvalue weighted by atomic mass is 9.92. The molecule has 92 valence electrons. The van der Waals surface area contributed by atoms with Gasteiger partial charge in [0, 0.05) is 12.6 Å². The maximum atomic E-state index is 11.2. The minimum atomic E-state index is -0.708. The summed E-state index contributed by atoms with van der Waals surface area (Å²) in [5.41, 5.74) is 1.09. The average Bonchev–Trinajstić information content (AvgIpc) is 2.26. The van der Waals surface area contributed by atoms with Crippen molar-refractivity contribution in [2.45, 2.75) is 31.7 Å². The zero-order valence-electron chi connectivity index (χ0n) is 9.93. The first-order chi connectivity index (χ1) is 8.25. The predicted octanol–water partition coefficient (Wildman–Crippen LogP) is 2.07. The summed E-state index contributed by atoms with van der Waals surface area (Å²) in [6, 6.07) is 10.4. The Morgan fingerprint density at radius 1 is 1.35 bits per heavy atom. The zero-order valence-corrected chi connectivity index (χ0v) is 9.93. The van der Waals surface area contributed by atoms with Gasteiger partial charge in [-0.3, -0.25) is 4.79 Å². The number of hydrogen-bond acceptors (Lipinski definition) is 2. The van der Waals surface area contributed by atoms with E-state index in [1.54, 1.807) is 0 Å². The lowest BCUT2D eigenvalue weighted by molar-refractivity contribution is -0.141. The van der Waals surface area contributed by atoms with E-state index in [-0.39, 0.29) is 5.92 Å². The molecule has 1 aromatic carbocycles. The van der Waals surface area contributed by atoms with E-state index in [0.29, 0.717) is 19.0 Å². The Balaban J connectivity index is 1.85. The molecule has 1 saturated carbocycles. The SMILES string of the molecule is O=C(O)C(CNC1CCC1)Cc1ccccc1. The second-order valence-corrected chi connectivity index (χ2v) is 4.76. The van der Waals surface area contributed by atoms with Crippen LogP contribution in [0.5, 0.6) is 0 Å². The highest BCUT2D eigenvalue weighted by molar-refractivity contribution is 5.70. The van der Waals surface area contributed by atoms with Gasteiger partial charge in [-0.15, -0.1) is 0 Å². The van der Waals surface area contributed by atoms with Crippen molar-refractivity contribution < 1.29 is 9.90 Å². The zero-order chi connectivity index (χ0) is 12.1. The van der Waals surface area contributed by atoms with E-state index >= 15 is 0 Å². The number of hydrogen-bond donors (Lipinski definition) is 2. The van der Waals surface area contributed by atoms with Gasteiger partial charge in [0.25, 0.3) is 0 Å². The number of nitrogens with one attached hydrogen (secondary N) is 1. The van der Waals surface area contributed by atoms with E-state index in [1.165, 1.54) is 19.3 Å². The molecule has 2 rings (SSSR count). The van der Waals surface area contributed by atoms with Gasteiger partial charge >= 0.3 is 5.97 Å². The van der Waals surface area contributed by atoms with E-state index in [9.17, 15) is 9.90 Å². The van der Waals surface area contributed by atoms with E-state index in [4.69, 9.17) is 0 Å². The number of aliphatic carboxylic acids is 1. The third kappa shape index (κ3) is 3.56.